The number of rotatable bonds is 6. The lowest BCUT2D eigenvalue weighted by molar-refractivity contribution is -0.115. The van der Waals surface area contributed by atoms with Crippen LogP contribution in [-0.2, 0) is 9.53 Å². The molecule has 0 saturated carbocycles. The van der Waals surface area contributed by atoms with E-state index in [0.717, 1.165) is 16.8 Å². The van der Waals surface area contributed by atoms with Crippen molar-refractivity contribution in [2.75, 3.05) is 32.1 Å². The molecule has 0 aliphatic rings. The average molecular weight is 287 g/mol. The van der Waals surface area contributed by atoms with Crippen LogP contribution in [0, 0.1) is 20.8 Å². The molecule has 4 nitrogen and oxygen atoms in total. The van der Waals surface area contributed by atoms with Gasteiger partial charge in [-0.15, -0.1) is 12.4 Å². The zero-order chi connectivity index (χ0) is 13.5. The van der Waals surface area contributed by atoms with Crippen LogP contribution in [0.4, 0.5) is 5.69 Å². The summed E-state index contributed by atoms with van der Waals surface area (Å²) in [6, 6.07) is 4.14. The van der Waals surface area contributed by atoms with Gasteiger partial charge in [0.15, 0.2) is 0 Å². The second-order valence-electron chi connectivity index (χ2n) is 4.49. The number of nitrogens with one attached hydrogen (secondary N) is 2. The molecule has 1 rings (SSSR count). The maximum Gasteiger partial charge on any atom is 0.238 e. The van der Waals surface area contributed by atoms with Crippen molar-refractivity contribution in [3.63, 3.8) is 0 Å². The Balaban J connectivity index is 0.00000324. The number of carbonyl (C=O) groups excluding carboxylic acids is 1. The summed E-state index contributed by atoms with van der Waals surface area (Å²) in [6.07, 6.45) is 0. The number of hydrogen-bond donors (Lipinski definition) is 2. The maximum absolute atomic E-state index is 11.8. The first kappa shape index (κ1) is 17.9. The Kier molecular flexibility index (Phi) is 8.39. The van der Waals surface area contributed by atoms with E-state index in [-0.39, 0.29) is 18.3 Å². The largest absolute Gasteiger partial charge is 0.383 e. The van der Waals surface area contributed by atoms with E-state index >= 15 is 0 Å². The van der Waals surface area contributed by atoms with Crippen molar-refractivity contribution in [1.29, 1.82) is 0 Å². The van der Waals surface area contributed by atoms with Crippen molar-refractivity contribution < 1.29 is 9.53 Å². The Morgan fingerprint density at radius 1 is 1.21 bits per heavy atom. The van der Waals surface area contributed by atoms with Crippen LogP contribution in [0.5, 0.6) is 0 Å². The molecule has 0 spiro atoms. The SMILES string of the molecule is COCCNCC(=O)Nc1c(C)cc(C)cc1C.Cl. The summed E-state index contributed by atoms with van der Waals surface area (Å²) in [5.74, 6) is -0.0267. The first-order valence-corrected chi connectivity index (χ1v) is 6.12. The van der Waals surface area contributed by atoms with Gasteiger partial charge in [-0.2, -0.15) is 0 Å². The minimum atomic E-state index is -0.0267. The summed E-state index contributed by atoms with van der Waals surface area (Å²) in [7, 11) is 1.64. The Bertz CT molecular complexity index is 399. The van der Waals surface area contributed by atoms with Gasteiger partial charge in [-0.25, -0.2) is 0 Å². The molecule has 19 heavy (non-hydrogen) atoms. The molecule has 0 aliphatic carbocycles. The van der Waals surface area contributed by atoms with Gasteiger partial charge in [0.1, 0.15) is 0 Å². The highest BCUT2D eigenvalue weighted by molar-refractivity contribution is 5.93. The Morgan fingerprint density at radius 3 is 2.32 bits per heavy atom. The number of carbonyl (C=O) groups is 1. The summed E-state index contributed by atoms with van der Waals surface area (Å²) >= 11 is 0. The van der Waals surface area contributed by atoms with E-state index in [1.807, 2.05) is 13.8 Å². The summed E-state index contributed by atoms with van der Waals surface area (Å²) in [4.78, 5) is 11.8. The van der Waals surface area contributed by atoms with E-state index in [9.17, 15) is 4.79 Å². The van der Waals surface area contributed by atoms with Gasteiger partial charge < -0.3 is 15.4 Å². The number of hydrogen-bond acceptors (Lipinski definition) is 3. The number of methoxy groups -OCH3 is 1. The number of ether oxygens (including phenoxy) is 1. The Morgan fingerprint density at radius 2 is 1.79 bits per heavy atom. The van der Waals surface area contributed by atoms with E-state index in [4.69, 9.17) is 4.74 Å². The predicted molar refractivity (Wildman–Crippen MR) is 81.3 cm³/mol. The van der Waals surface area contributed by atoms with Crippen LogP contribution in [0.2, 0.25) is 0 Å². The van der Waals surface area contributed by atoms with Crippen molar-refractivity contribution in [1.82, 2.24) is 5.32 Å². The summed E-state index contributed by atoms with van der Waals surface area (Å²) in [5.41, 5.74) is 4.32. The molecule has 0 aromatic heterocycles. The van der Waals surface area contributed by atoms with E-state index in [2.05, 4.69) is 29.7 Å². The molecule has 1 aromatic carbocycles. The minimum Gasteiger partial charge on any atom is -0.383 e. The Labute approximate surface area is 121 Å². The van der Waals surface area contributed by atoms with Gasteiger partial charge >= 0.3 is 0 Å². The minimum absolute atomic E-state index is 0. The first-order chi connectivity index (χ1) is 8.54. The van der Waals surface area contributed by atoms with Crippen LogP contribution in [-0.4, -0.2) is 32.7 Å². The van der Waals surface area contributed by atoms with Crippen LogP contribution in [0.15, 0.2) is 12.1 Å². The fraction of sp³-hybridized carbons (Fsp3) is 0.500. The molecule has 0 unspecified atom stereocenters. The van der Waals surface area contributed by atoms with Gasteiger partial charge in [-0.05, 0) is 31.9 Å². The van der Waals surface area contributed by atoms with Crippen LogP contribution in [0.1, 0.15) is 16.7 Å². The molecule has 1 amide bonds. The predicted octanol–water partition coefficient (Wildman–Crippen LogP) is 2.21. The number of anilines is 1. The van der Waals surface area contributed by atoms with Crippen LogP contribution < -0.4 is 10.6 Å². The molecule has 0 saturated heterocycles. The quantitative estimate of drug-likeness (QED) is 0.789. The molecule has 5 heteroatoms. The van der Waals surface area contributed by atoms with Crippen molar-refractivity contribution in [2.45, 2.75) is 20.8 Å². The first-order valence-electron chi connectivity index (χ1n) is 6.12. The summed E-state index contributed by atoms with van der Waals surface area (Å²) in [5, 5.41) is 5.96. The number of amides is 1. The van der Waals surface area contributed by atoms with Gasteiger partial charge in [0.05, 0.1) is 13.2 Å². The van der Waals surface area contributed by atoms with E-state index in [1.54, 1.807) is 7.11 Å². The summed E-state index contributed by atoms with van der Waals surface area (Å²) in [6.45, 7) is 7.65. The molecule has 0 radical (unpaired) electrons. The van der Waals surface area contributed by atoms with Crippen molar-refractivity contribution >= 4 is 24.0 Å². The van der Waals surface area contributed by atoms with E-state index in [1.165, 1.54) is 5.56 Å². The topological polar surface area (TPSA) is 50.4 Å². The van der Waals surface area contributed by atoms with Crippen molar-refractivity contribution in [3.8, 4) is 0 Å². The zero-order valence-corrected chi connectivity index (χ0v) is 12.8. The smallest absolute Gasteiger partial charge is 0.238 e. The number of halogens is 1. The lowest BCUT2D eigenvalue weighted by Crippen LogP contribution is -2.30. The average Bonchev–Trinajstić information content (AvgIpc) is 2.29. The molecule has 0 fully saturated rings. The van der Waals surface area contributed by atoms with Crippen LogP contribution in [0.3, 0.4) is 0 Å². The molecule has 0 atom stereocenters. The fourth-order valence-electron chi connectivity index (χ4n) is 1.94. The zero-order valence-electron chi connectivity index (χ0n) is 12.0. The molecular formula is C14H23ClN2O2. The maximum atomic E-state index is 11.8. The highest BCUT2D eigenvalue weighted by Crippen LogP contribution is 2.21. The van der Waals surface area contributed by atoms with Gasteiger partial charge in [-0.3, -0.25) is 4.79 Å². The molecule has 0 bridgehead atoms. The van der Waals surface area contributed by atoms with E-state index in [0.29, 0.717) is 19.7 Å². The second-order valence-corrected chi connectivity index (χ2v) is 4.49. The highest BCUT2D eigenvalue weighted by atomic mass is 35.5. The molecule has 0 heterocycles. The van der Waals surface area contributed by atoms with Gasteiger partial charge in [0, 0.05) is 19.3 Å². The Hall–Kier alpha value is -1.10. The normalized spacial score (nSPS) is 9.89. The van der Waals surface area contributed by atoms with Crippen LogP contribution >= 0.6 is 12.4 Å². The molecule has 108 valence electrons. The lowest BCUT2D eigenvalue weighted by Gasteiger charge is -2.13. The third kappa shape index (κ3) is 6.05. The van der Waals surface area contributed by atoms with Crippen LogP contribution in [0.25, 0.3) is 0 Å². The number of aryl methyl sites for hydroxylation is 3. The third-order valence-electron chi connectivity index (χ3n) is 2.71. The number of benzene rings is 1. The second kappa shape index (κ2) is 8.91. The van der Waals surface area contributed by atoms with Crippen molar-refractivity contribution in [3.05, 3.63) is 28.8 Å². The summed E-state index contributed by atoms with van der Waals surface area (Å²) < 4.78 is 4.90. The van der Waals surface area contributed by atoms with Crippen molar-refractivity contribution in [2.24, 2.45) is 0 Å². The van der Waals surface area contributed by atoms with Gasteiger partial charge in [0.2, 0.25) is 5.91 Å². The molecule has 0 aliphatic heterocycles. The van der Waals surface area contributed by atoms with Gasteiger partial charge in [-0.1, -0.05) is 17.7 Å². The van der Waals surface area contributed by atoms with E-state index < -0.39 is 0 Å². The third-order valence-corrected chi connectivity index (χ3v) is 2.71. The monoisotopic (exact) mass is 286 g/mol. The molecular weight excluding hydrogens is 264 g/mol. The highest BCUT2D eigenvalue weighted by Gasteiger charge is 2.07. The fourth-order valence-corrected chi connectivity index (χ4v) is 1.94. The van der Waals surface area contributed by atoms with Gasteiger partial charge in [0.25, 0.3) is 0 Å². The lowest BCUT2D eigenvalue weighted by atomic mass is 10.1. The molecule has 2 N–H and O–H groups in total. The standard InChI is InChI=1S/C14H22N2O2.ClH/c1-10-7-11(2)14(12(3)8-10)16-13(17)9-15-5-6-18-4;/h7-8,15H,5-6,9H2,1-4H3,(H,16,17);1H. The molecule has 1 aromatic rings.